The summed E-state index contributed by atoms with van der Waals surface area (Å²) in [6.45, 7) is 0. The zero-order chi connectivity index (χ0) is 11.2. The van der Waals surface area contributed by atoms with E-state index in [1.807, 2.05) is 0 Å². The molecule has 0 aromatic heterocycles. The van der Waals surface area contributed by atoms with E-state index in [0.717, 1.165) is 0 Å². The number of allylic oxidation sites excluding steroid dienone is 4. The Morgan fingerprint density at radius 1 is 0.750 bits per heavy atom. The van der Waals surface area contributed by atoms with Crippen LogP contribution in [0.5, 0.6) is 0 Å². The molecule has 16 heavy (non-hydrogen) atoms. The van der Waals surface area contributed by atoms with Crippen LogP contribution < -0.4 is 0 Å². The Hall–Kier alpha value is -0.850. The monoisotopic (exact) mass is 218 g/mol. The van der Waals surface area contributed by atoms with E-state index in [2.05, 4.69) is 12.2 Å². The summed E-state index contributed by atoms with van der Waals surface area (Å²) in [5.41, 5.74) is 0. The van der Waals surface area contributed by atoms with Gasteiger partial charge in [-0.1, -0.05) is 37.8 Å². The molecule has 2 aliphatic rings. The molecule has 0 heterocycles. The summed E-state index contributed by atoms with van der Waals surface area (Å²) in [5, 5.41) is 0. The number of carbonyl (C=O) groups is 1. The molecule has 0 amide bonds. The first-order chi connectivity index (χ1) is 7.84. The third-order valence-corrected chi connectivity index (χ3v) is 3.86. The fourth-order valence-corrected chi connectivity index (χ4v) is 2.82. The van der Waals surface area contributed by atoms with Crippen LogP contribution in [-0.2, 0) is 4.79 Å². The summed E-state index contributed by atoms with van der Waals surface area (Å²) in [4.78, 5) is 11.6. The molecule has 1 heteroatoms. The molecule has 2 fully saturated rings. The van der Waals surface area contributed by atoms with Gasteiger partial charge < -0.3 is 0 Å². The largest absolute Gasteiger partial charge is 0.290 e. The topological polar surface area (TPSA) is 17.1 Å². The van der Waals surface area contributed by atoms with Crippen molar-refractivity contribution in [3.05, 3.63) is 24.3 Å². The number of hydrogen-bond acceptors (Lipinski definition) is 1. The maximum atomic E-state index is 11.6. The molecule has 0 aromatic carbocycles. The van der Waals surface area contributed by atoms with Gasteiger partial charge in [0.05, 0.1) is 0 Å². The fourth-order valence-electron chi connectivity index (χ4n) is 2.82. The molecule has 88 valence electrons. The van der Waals surface area contributed by atoms with Crippen LogP contribution in [0.3, 0.4) is 0 Å². The van der Waals surface area contributed by atoms with E-state index in [4.69, 9.17) is 0 Å². The molecule has 0 aliphatic heterocycles. The normalized spacial score (nSPS) is 24.0. The van der Waals surface area contributed by atoms with Crippen LogP contribution in [0.4, 0.5) is 0 Å². The highest BCUT2D eigenvalue weighted by Crippen LogP contribution is 2.26. The molecule has 0 saturated heterocycles. The van der Waals surface area contributed by atoms with Crippen molar-refractivity contribution in [1.82, 2.24) is 0 Å². The zero-order valence-electron chi connectivity index (χ0n) is 10.0. The lowest BCUT2D eigenvalue weighted by molar-refractivity contribution is -0.110. The number of carbonyl (C=O) groups excluding carboxylic acids is 1. The lowest BCUT2D eigenvalue weighted by Gasteiger charge is -1.99. The Balaban J connectivity index is 1.74. The highest BCUT2D eigenvalue weighted by Gasteiger charge is 2.12. The average Bonchev–Trinajstić information content (AvgIpc) is 2.96. The Morgan fingerprint density at radius 2 is 1.12 bits per heavy atom. The average molecular weight is 218 g/mol. The van der Waals surface area contributed by atoms with Crippen LogP contribution in [0.15, 0.2) is 24.3 Å². The number of ketones is 1. The Kier molecular flexibility index (Phi) is 4.38. The van der Waals surface area contributed by atoms with Crippen molar-refractivity contribution in [1.29, 1.82) is 0 Å². The smallest absolute Gasteiger partial charge is 0.178 e. The van der Waals surface area contributed by atoms with E-state index in [9.17, 15) is 4.79 Å². The van der Waals surface area contributed by atoms with Gasteiger partial charge >= 0.3 is 0 Å². The summed E-state index contributed by atoms with van der Waals surface area (Å²) in [5.74, 6) is 1.52. The minimum absolute atomic E-state index is 0.179. The van der Waals surface area contributed by atoms with Gasteiger partial charge in [0.25, 0.3) is 0 Å². The second-order valence-corrected chi connectivity index (χ2v) is 5.21. The highest BCUT2D eigenvalue weighted by atomic mass is 16.1. The van der Waals surface area contributed by atoms with Crippen molar-refractivity contribution >= 4 is 5.78 Å². The van der Waals surface area contributed by atoms with E-state index in [1.165, 1.54) is 51.4 Å². The molecule has 0 bridgehead atoms. The van der Waals surface area contributed by atoms with Crippen molar-refractivity contribution in [3.8, 4) is 0 Å². The number of rotatable bonds is 4. The summed E-state index contributed by atoms with van der Waals surface area (Å²) in [7, 11) is 0. The van der Waals surface area contributed by atoms with Crippen LogP contribution in [-0.4, -0.2) is 5.78 Å². The van der Waals surface area contributed by atoms with E-state index >= 15 is 0 Å². The summed E-state index contributed by atoms with van der Waals surface area (Å²) in [6.07, 6.45) is 18.2. The lowest BCUT2D eigenvalue weighted by atomic mass is 10.1. The molecule has 2 rings (SSSR count). The summed E-state index contributed by atoms with van der Waals surface area (Å²) >= 11 is 0. The second-order valence-electron chi connectivity index (χ2n) is 5.21. The lowest BCUT2D eigenvalue weighted by Crippen LogP contribution is -1.93. The fraction of sp³-hybridized carbons (Fsp3) is 0.667. The standard InChI is InChI=1S/C15H22O/c16-15(11-9-13-5-1-2-6-13)12-10-14-7-3-4-8-14/h9-14H,1-8H2. The first-order valence-electron chi connectivity index (χ1n) is 6.75. The maximum Gasteiger partial charge on any atom is 0.178 e. The van der Waals surface area contributed by atoms with Crippen molar-refractivity contribution in [3.63, 3.8) is 0 Å². The quantitative estimate of drug-likeness (QED) is 0.651. The maximum absolute atomic E-state index is 11.6. The third kappa shape index (κ3) is 3.62. The second kappa shape index (κ2) is 6.03. The van der Waals surface area contributed by atoms with Crippen LogP contribution in [0.1, 0.15) is 51.4 Å². The van der Waals surface area contributed by atoms with Crippen LogP contribution in [0, 0.1) is 11.8 Å². The molecule has 0 spiro atoms. The molecule has 0 radical (unpaired) electrons. The highest BCUT2D eigenvalue weighted by molar-refractivity contribution is 5.99. The van der Waals surface area contributed by atoms with Crippen molar-refractivity contribution < 1.29 is 4.79 Å². The van der Waals surface area contributed by atoms with Crippen molar-refractivity contribution in [2.24, 2.45) is 11.8 Å². The zero-order valence-corrected chi connectivity index (χ0v) is 10.0. The van der Waals surface area contributed by atoms with Gasteiger partial charge in [-0.25, -0.2) is 0 Å². The molecule has 1 nitrogen and oxygen atoms in total. The van der Waals surface area contributed by atoms with Gasteiger partial charge in [0, 0.05) is 0 Å². The van der Waals surface area contributed by atoms with E-state index < -0.39 is 0 Å². The molecular formula is C15H22O. The van der Waals surface area contributed by atoms with Crippen LogP contribution in [0.25, 0.3) is 0 Å². The van der Waals surface area contributed by atoms with Gasteiger partial charge in [0.2, 0.25) is 0 Å². The van der Waals surface area contributed by atoms with Gasteiger partial charge in [-0.15, -0.1) is 0 Å². The molecular weight excluding hydrogens is 196 g/mol. The first-order valence-corrected chi connectivity index (χ1v) is 6.75. The van der Waals surface area contributed by atoms with E-state index in [-0.39, 0.29) is 5.78 Å². The predicted molar refractivity (Wildman–Crippen MR) is 67.2 cm³/mol. The van der Waals surface area contributed by atoms with E-state index in [0.29, 0.717) is 11.8 Å². The first kappa shape index (κ1) is 11.6. The van der Waals surface area contributed by atoms with Gasteiger partial charge in [0.1, 0.15) is 0 Å². The minimum Gasteiger partial charge on any atom is -0.290 e. The van der Waals surface area contributed by atoms with E-state index in [1.54, 1.807) is 12.2 Å². The van der Waals surface area contributed by atoms with Gasteiger partial charge in [-0.3, -0.25) is 4.79 Å². The molecule has 0 aromatic rings. The Bertz CT molecular complexity index is 248. The molecule has 0 N–H and O–H groups in total. The Morgan fingerprint density at radius 3 is 1.50 bits per heavy atom. The number of hydrogen-bond donors (Lipinski definition) is 0. The molecule has 0 atom stereocenters. The van der Waals surface area contributed by atoms with Gasteiger partial charge in [0.15, 0.2) is 5.78 Å². The third-order valence-electron chi connectivity index (χ3n) is 3.86. The summed E-state index contributed by atoms with van der Waals surface area (Å²) in [6, 6.07) is 0. The predicted octanol–water partition coefficient (Wildman–Crippen LogP) is 4.05. The Labute approximate surface area is 98.6 Å². The summed E-state index contributed by atoms with van der Waals surface area (Å²) < 4.78 is 0. The molecule has 0 unspecified atom stereocenters. The SMILES string of the molecule is O=C(C=CC1CCCC1)C=CC1CCCC1. The van der Waals surface area contributed by atoms with Crippen LogP contribution >= 0.6 is 0 Å². The van der Waals surface area contributed by atoms with Gasteiger partial charge in [-0.05, 0) is 49.7 Å². The van der Waals surface area contributed by atoms with Crippen molar-refractivity contribution in [2.75, 3.05) is 0 Å². The minimum atomic E-state index is 0.179. The van der Waals surface area contributed by atoms with Crippen LogP contribution in [0.2, 0.25) is 0 Å². The van der Waals surface area contributed by atoms with Crippen molar-refractivity contribution in [2.45, 2.75) is 51.4 Å². The molecule has 2 saturated carbocycles. The van der Waals surface area contributed by atoms with Gasteiger partial charge in [-0.2, -0.15) is 0 Å². The molecule has 2 aliphatic carbocycles.